The standard InChI is InChI=1S/C40H56N3O4S.C34H44ClNO4S.C6H12N2.ClH/c1-5-7-19-40(20-8-6-2)30-48(45,46)37-18-15-34(41(3)4)27-36(37)38(39(40)44)33-13-16-35(17-14-33)47-29-32-11-9-31(10-12-32)28-43-24-21-42(22-25-43)23-26-43;1-5-7-19-34(20-8-6-2)24-41(38,39)31-18-15-28(36(3)4)21-30(31)32(33(34)37)27-13-16-29(17-14-27)40-23-26-11-9-25(22-35)10-12-26;1-2-8-5-3-7(1)4-6-8;/h9-18,27,38-39,44H,5-8,19-26,28-30H2,1-4H3;9-18,21,32-33,37H,5-8,19-20,22-24H2,1-4H3;1-6H2;1H/q+1;;;/p-1/t38-,39-;32-,33-;;/m11../s1. The summed E-state index contributed by atoms with van der Waals surface area (Å²) in [6.07, 6.45) is 8.37. The maximum absolute atomic E-state index is 14.1. The Hall–Kier alpha value is -5.24. The Morgan fingerprint density at radius 3 is 1.11 bits per heavy atom. The predicted molar refractivity (Wildman–Crippen MR) is 396 cm³/mol. The van der Waals surface area contributed by atoms with Crippen LogP contribution in [0.1, 0.15) is 161 Å². The van der Waals surface area contributed by atoms with Crippen molar-refractivity contribution in [2.45, 2.75) is 164 Å². The zero-order valence-corrected chi connectivity index (χ0v) is 63.0. The van der Waals surface area contributed by atoms with Gasteiger partial charge in [0.25, 0.3) is 0 Å². The number of hydrogen-bond donors (Lipinski definition) is 2. The van der Waals surface area contributed by atoms with Gasteiger partial charge in [0.15, 0.2) is 19.7 Å². The van der Waals surface area contributed by atoms with E-state index in [1.165, 1.54) is 88.6 Å². The van der Waals surface area contributed by atoms with Crippen molar-refractivity contribution in [2.75, 3.05) is 128 Å². The number of aliphatic hydroxyl groups excluding tert-OH is 2. The van der Waals surface area contributed by atoms with Crippen LogP contribution in [0.5, 0.6) is 11.5 Å². The normalized spacial score (nSPS) is 24.3. The van der Waals surface area contributed by atoms with Gasteiger partial charge in [-0.1, -0.05) is 152 Å². The Labute approximate surface area is 599 Å². The zero-order chi connectivity index (χ0) is 69.0. The van der Waals surface area contributed by atoms with E-state index in [1.54, 1.807) is 12.1 Å². The Bertz CT molecular complexity index is 3660. The van der Waals surface area contributed by atoms with Crippen LogP contribution in [-0.4, -0.2) is 177 Å². The van der Waals surface area contributed by atoms with Gasteiger partial charge in [0.1, 0.15) is 31.3 Å². The summed E-state index contributed by atoms with van der Waals surface area (Å²) < 4.78 is 69.8. The van der Waals surface area contributed by atoms with Gasteiger partial charge in [0.05, 0.1) is 53.1 Å². The molecule has 8 aliphatic heterocycles. The first kappa shape index (κ1) is 76.9. The summed E-state index contributed by atoms with van der Waals surface area (Å²) in [7, 11) is 0.553. The average molecular weight is 1420 g/mol. The first-order chi connectivity index (χ1) is 46.7. The van der Waals surface area contributed by atoms with Gasteiger partial charge >= 0.3 is 0 Å². The van der Waals surface area contributed by atoms with Crippen molar-refractivity contribution in [1.82, 2.24) is 14.7 Å². The van der Waals surface area contributed by atoms with E-state index >= 15 is 0 Å². The highest BCUT2D eigenvalue weighted by atomic mass is 35.5. The van der Waals surface area contributed by atoms with Gasteiger partial charge in [0, 0.05) is 133 Å². The minimum Gasteiger partial charge on any atom is -1.00 e. The highest BCUT2D eigenvalue weighted by Gasteiger charge is 2.51. The molecule has 0 amide bonds. The largest absolute Gasteiger partial charge is 1.00 e. The van der Waals surface area contributed by atoms with Crippen molar-refractivity contribution < 1.29 is 53.4 Å². The Morgan fingerprint density at radius 1 is 0.469 bits per heavy atom. The first-order valence-electron chi connectivity index (χ1n) is 36.3. The van der Waals surface area contributed by atoms with Crippen LogP contribution in [0.25, 0.3) is 0 Å². The fourth-order valence-electron chi connectivity index (χ4n) is 16.0. The smallest absolute Gasteiger partial charge is 0.179 e. The molecule has 6 aromatic rings. The molecule has 8 heterocycles. The summed E-state index contributed by atoms with van der Waals surface area (Å²) in [4.78, 5) is 12.3. The molecule has 14 rings (SSSR count). The fraction of sp³-hybridized carbons (Fsp3) is 0.550. The van der Waals surface area contributed by atoms with Gasteiger partial charge in [-0.3, -0.25) is 14.7 Å². The molecule has 0 unspecified atom stereocenters. The SMILES string of the molecule is C1CN2CCN1CC2.CCCCC1(CCCC)CS(=O)(=O)c2ccc(N(C)C)cc2[C@@H](c2ccc(OCc3ccc(CCl)cc3)cc2)[C@H]1O.CCCCC1(CCCC)CS(=O)(=O)c2ccc(N(C)C)cc2[C@@H](c2ccc(OCc3ccc(C[N+]45CCN(CC4)CC5)cc3)cc2)[C@H]1O.[Cl-]. The van der Waals surface area contributed by atoms with Crippen molar-refractivity contribution in [3.63, 3.8) is 0 Å². The number of nitrogens with zero attached hydrogens (tertiary/aromatic N) is 6. The zero-order valence-electron chi connectivity index (χ0n) is 59.8. The van der Waals surface area contributed by atoms with Gasteiger partial charge in [-0.2, -0.15) is 0 Å². The number of anilines is 2. The lowest BCUT2D eigenvalue weighted by atomic mass is 9.68. The molecule has 6 saturated heterocycles. The number of rotatable bonds is 25. The van der Waals surface area contributed by atoms with Crippen LogP contribution >= 0.6 is 11.6 Å². The number of alkyl halides is 1. The maximum Gasteiger partial charge on any atom is 0.179 e. The number of benzene rings is 6. The molecule has 8 aliphatic rings. The number of hydrogen-bond acceptors (Lipinski definition) is 13. The number of ether oxygens (including phenoxy) is 2. The Morgan fingerprint density at radius 2 is 0.796 bits per heavy atom. The molecule has 14 nitrogen and oxygen atoms in total. The summed E-state index contributed by atoms with van der Waals surface area (Å²) in [6, 6.07) is 43.9. The van der Waals surface area contributed by atoms with Crippen molar-refractivity contribution in [2.24, 2.45) is 10.8 Å². The number of sulfone groups is 2. The number of halogens is 2. The third-order valence-electron chi connectivity index (χ3n) is 22.2. The molecule has 18 heteroatoms. The molecule has 0 radical (unpaired) electrons. The van der Waals surface area contributed by atoms with Gasteiger partial charge in [0.2, 0.25) is 0 Å². The molecule has 0 spiro atoms. The molecule has 0 saturated carbocycles. The lowest BCUT2D eigenvalue weighted by molar-refractivity contribution is -0.953. The second-order valence-electron chi connectivity index (χ2n) is 29.4. The predicted octanol–water partition coefficient (Wildman–Crippen LogP) is 11.0. The molecule has 0 aromatic heterocycles. The van der Waals surface area contributed by atoms with Gasteiger partial charge in [-0.25, -0.2) is 16.8 Å². The fourth-order valence-corrected chi connectivity index (χ4v) is 20.6. The van der Waals surface area contributed by atoms with E-state index in [2.05, 4.69) is 66.7 Å². The molecular weight excluding hydrogens is 1310 g/mol. The molecular formula is C80H112Cl2N6O8S2. The van der Waals surface area contributed by atoms with Gasteiger partial charge in [-0.05, 0) is 125 Å². The molecule has 4 bridgehead atoms. The topological polar surface area (TPSA) is 143 Å². The van der Waals surface area contributed by atoms with E-state index in [9.17, 15) is 27.0 Å². The number of fused-ring (bicyclic) bond motifs is 8. The lowest BCUT2D eigenvalue weighted by Gasteiger charge is -2.50. The van der Waals surface area contributed by atoms with E-state index in [1.807, 2.05) is 135 Å². The molecule has 6 aromatic carbocycles. The van der Waals surface area contributed by atoms with Crippen LogP contribution in [0.4, 0.5) is 11.4 Å². The first-order valence-corrected chi connectivity index (χ1v) is 40.1. The van der Waals surface area contributed by atoms with Crippen molar-refractivity contribution in [1.29, 1.82) is 0 Å². The summed E-state index contributed by atoms with van der Waals surface area (Å²) >= 11 is 5.91. The quantitative estimate of drug-likeness (QED) is 0.0415. The van der Waals surface area contributed by atoms with Crippen LogP contribution in [0.3, 0.4) is 0 Å². The second-order valence-corrected chi connectivity index (χ2v) is 33.6. The van der Waals surface area contributed by atoms with Crippen molar-refractivity contribution >= 4 is 42.7 Å². The molecule has 6 fully saturated rings. The van der Waals surface area contributed by atoms with Crippen molar-refractivity contribution in [3.8, 4) is 11.5 Å². The van der Waals surface area contributed by atoms with Crippen LogP contribution in [-0.2, 0) is 45.3 Å². The number of aliphatic hydroxyl groups is 2. The number of quaternary nitrogens is 1. The summed E-state index contributed by atoms with van der Waals surface area (Å²) in [5, 5.41) is 24.8. The van der Waals surface area contributed by atoms with Crippen LogP contribution in [0.2, 0.25) is 0 Å². The molecule has 536 valence electrons. The highest BCUT2D eigenvalue weighted by molar-refractivity contribution is 7.91. The third-order valence-corrected chi connectivity index (χ3v) is 26.5. The third kappa shape index (κ3) is 18.5. The van der Waals surface area contributed by atoms with Crippen LogP contribution in [0, 0.1) is 10.8 Å². The molecule has 4 atom stereocenters. The van der Waals surface area contributed by atoms with E-state index in [-0.39, 0.29) is 23.9 Å². The number of piperazine rings is 6. The minimum absolute atomic E-state index is 0. The molecule has 98 heavy (non-hydrogen) atoms. The monoisotopic (exact) mass is 1420 g/mol. The van der Waals surface area contributed by atoms with E-state index in [0.717, 1.165) is 109 Å². The van der Waals surface area contributed by atoms with Crippen LogP contribution < -0.4 is 31.7 Å². The van der Waals surface area contributed by atoms with Crippen LogP contribution in [0.15, 0.2) is 143 Å². The lowest BCUT2D eigenvalue weighted by Crippen LogP contribution is -3.00. The summed E-state index contributed by atoms with van der Waals surface area (Å²) in [5.41, 5.74) is 8.20. The second kappa shape index (κ2) is 34.6. The van der Waals surface area contributed by atoms with E-state index < -0.39 is 54.5 Å². The summed E-state index contributed by atoms with van der Waals surface area (Å²) in [5.74, 6) is 0.953. The molecule has 2 N–H and O–H groups in total. The van der Waals surface area contributed by atoms with E-state index in [0.29, 0.717) is 65.7 Å². The van der Waals surface area contributed by atoms with Gasteiger partial charge < -0.3 is 46.4 Å². The highest BCUT2D eigenvalue weighted by Crippen LogP contribution is 2.52. The summed E-state index contributed by atoms with van der Waals surface area (Å²) in [6.45, 7) is 25.9. The maximum atomic E-state index is 14.1. The average Bonchev–Trinajstić information content (AvgIpc) is 1.58. The Balaban J connectivity index is 0.000000205. The van der Waals surface area contributed by atoms with Crippen molar-refractivity contribution in [3.05, 3.63) is 178 Å². The minimum atomic E-state index is -3.63. The van der Waals surface area contributed by atoms with E-state index in [4.69, 9.17) is 21.1 Å². The molecule has 0 aliphatic carbocycles. The Kier molecular flexibility index (Phi) is 27.2. The van der Waals surface area contributed by atoms with Gasteiger partial charge in [-0.15, -0.1) is 11.6 Å². The number of unbranched alkanes of at least 4 members (excludes halogenated alkanes) is 4.